The van der Waals surface area contributed by atoms with Gasteiger partial charge in [-0.1, -0.05) is 44.2 Å². The first kappa shape index (κ1) is 19.9. The van der Waals surface area contributed by atoms with Gasteiger partial charge in [0, 0.05) is 18.7 Å². The van der Waals surface area contributed by atoms with Gasteiger partial charge in [-0.05, 0) is 29.7 Å². The fourth-order valence-corrected chi connectivity index (χ4v) is 3.49. The Bertz CT molecular complexity index is 849. The van der Waals surface area contributed by atoms with E-state index in [0.29, 0.717) is 12.5 Å². The van der Waals surface area contributed by atoms with Gasteiger partial charge in [0.25, 0.3) is 5.91 Å². The molecule has 0 aliphatic rings. The molecule has 2 N–H and O–H groups in total. The van der Waals surface area contributed by atoms with Crippen LogP contribution in [-0.4, -0.2) is 28.0 Å². The Morgan fingerprint density at radius 3 is 2.42 bits per heavy atom. The zero-order chi connectivity index (χ0) is 19.2. The third-order valence-corrected chi connectivity index (χ3v) is 5.12. The molecule has 0 aliphatic heterocycles. The van der Waals surface area contributed by atoms with E-state index in [9.17, 15) is 13.2 Å². The molecule has 0 spiro atoms. The highest BCUT2D eigenvalue weighted by Crippen LogP contribution is 2.25. The van der Waals surface area contributed by atoms with Crippen LogP contribution in [-0.2, 0) is 16.6 Å². The van der Waals surface area contributed by atoms with Gasteiger partial charge >= 0.3 is 0 Å². The van der Waals surface area contributed by atoms with Crippen LogP contribution in [0.25, 0.3) is 0 Å². The molecule has 0 aromatic heterocycles. The average Bonchev–Trinajstić information content (AvgIpc) is 2.64. The van der Waals surface area contributed by atoms with Gasteiger partial charge in [0.15, 0.2) is 0 Å². The van der Waals surface area contributed by atoms with E-state index in [1.165, 1.54) is 19.2 Å². The van der Waals surface area contributed by atoms with Crippen LogP contribution < -0.4 is 14.8 Å². The minimum absolute atomic E-state index is 0.0619. The van der Waals surface area contributed by atoms with Gasteiger partial charge in [-0.15, -0.1) is 0 Å². The van der Waals surface area contributed by atoms with Crippen molar-refractivity contribution in [1.29, 1.82) is 0 Å². The standard InChI is InChI=1S/C19H24N2O4S/c1-14(2)12-20-19(22)16-9-10-17(25-3)18(11-16)26(23,24)21-13-15-7-5-4-6-8-15/h4-11,14,21H,12-13H2,1-3H3,(H,20,22). The van der Waals surface area contributed by atoms with E-state index in [1.54, 1.807) is 6.07 Å². The Balaban J connectivity index is 2.24. The summed E-state index contributed by atoms with van der Waals surface area (Å²) in [6.45, 7) is 4.63. The number of amides is 1. The van der Waals surface area contributed by atoms with E-state index >= 15 is 0 Å². The number of carbonyl (C=O) groups excluding carboxylic acids is 1. The van der Waals surface area contributed by atoms with Crippen LogP contribution in [0.5, 0.6) is 5.75 Å². The SMILES string of the molecule is COc1ccc(C(=O)NCC(C)C)cc1S(=O)(=O)NCc1ccccc1. The first-order chi connectivity index (χ1) is 12.3. The minimum atomic E-state index is -3.84. The fourth-order valence-electron chi connectivity index (χ4n) is 2.28. The number of ether oxygens (including phenoxy) is 1. The largest absolute Gasteiger partial charge is 0.495 e. The zero-order valence-corrected chi connectivity index (χ0v) is 16.0. The second-order valence-corrected chi connectivity index (χ2v) is 8.02. The lowest BCUT2D eigenvalue weighted by atomic mass is 10.2. The van der Waals surface area contributed by atoms with Crippen LogP contribution in [0.2, 0.25) is 0 Å². The first-order valence-corrected chi connectivity index (χ1v) is 9.81. The molecule has 26 heavy (non-hydrogen) atoms. The van der Waals surface area contributed by atoms with Crippen LogP contribution in [0.3, 0.4) is 0 Å². The number of rotatable bonds is 8. The Hall–Kier alpha value is -2.38. The summed E-state index contributed by atoms with van der Waals surface area (Å²) in [5.41, 5.74) is 1.10. The van der Waals surface area contributed by atoms with Crippen molar-refractivity contribution in [3.05, 3.63) is 59.7 Å². The lowest BCUT2D eigenvalue weighted by Gasteiger charge is -2.13. The number of nitrogens with one attached hydrogen (secondary N) is 2. The van der Waals surface area contributed by atoms with Crippen LogP contribution >= 0.6 is 0 Å². The molecule has 0 aliphatic carbocycles. The van der Waals surface area contributed by atoms with E-state index in [2.05, 4.69) is 10.0 Å². The molecule has 0 heterocycles. The molecule has 0 bridgehead atoms. The van der Waals surface area contributed by atoms with Gasteiger partial charge in [-0.3, -0.25) is 4.79 Å². The van der Waals surface area contributed by atoms with E-state index in [4.69, 9.17) is 4.74 Å². The maximum absolute atomic E-state index is 12.7. The normalized spacial score (nSPS) is 11.4. The summed E-state index contributed by atoms with van der Waals surface area (Å²) in [5, 5.41) is 2.78. The van der Waals surface area contributed by atoms with E-state index < -0.39 is 10.0 Å². The molecule has 0 saturated carbocycles. The van der Waals surface area contributed by atoms with E-state index in [1.807, 2.05) is 44.2 Å². The highest BCUT2D eigenvalue weighted by atomic mass is 32.2. The Labute approximate surface area is 154 Å². The Kier molecular flexibility index (Phi) is 6.76. The molecular weight excluding hydrogens is 352 g/mol. The van der Waals surface area contributed by atoms with E-state index in [0.717, 1.165) is 5.56 Å². The van der Waals surface area contributed by atoms with Gasteiger partial charge in [-0.25, -0.2) is 13.1 Å². The molecule has 7 heteroatoms. The predicted molar refractivity (Wildman–Crippen MR) is 101 cm³/mol. The van der Waals surface area contributed by atoms with Crippen LogP contribution in [0, 0.1) is 5.92 Å². The second-order valence-electron chi connectivity index (χ2n) is 6.28. The van der Waals surface area contributed by atoms with Gasteiger partial charge in [0.05, 0.1) is 7.11 Å². The number of carbonyl (C=O) groups is 1. The van der Waals surface area contributed by atoms with Gasteiger partial charge < -0.3 is 10.1 Å². The summed E-state index contributed by atoms with van der Waals surface area (Å²) in [7, 11) is -2.45. The topological polar surface area (TPSA) is 84.5 Å². The van der Waals surface area contributed by atoms with Crippen molar-refractivity contribution in [3.8, 4) is 5.75 Å². The first-order valence-electron chi connectivity index (χ1n) is 8.33. The number of benzene rings is 2. The van der Waals surface area contributed by atoms with Crippen LogP contribution in [0.1, 0.15) is 29.8 Å². The molecule has 2 aromatic carbocycles. The second kappa shape index (κ2) is 8.82. The molecule has 140 valence electrons. The van der Waals surface area contributed by atoms with Crippen molar-refractivity contribution >= 4 is 15.9 Å². The highest BCUT2D eigenvalue weighted by Gasteiger charge is 2.21. The lowest BCUT2D eigenvalue weighted by Crippen LogP contribution is -2.28. The molecule has 0 saturated heterocycles. The maximum Gasteiger partial charge on any atom is 0.251 e. The molecule has 0 atom stereocenters. The summed E-state index contributed by atoms with van der Waals surface area (Å²) >= 11 is 0. The minimum Gasteiger partial charge on any atom is -0.495 e. The molecule has 0 fully saturated rings. The number of sulfonamides is 1. The van der Waals surface area contributed by atoms with Crippen molar-refractivity contribution in [2.45, 2.75) is 25.3 Å². The summed E-state index contributed by atoms with van der Waals surface area (Å²) in [6.07, 6.45) is 0. The molecule has 1 amide bonds. The number of methoxy groups -OCH3 is 1. The molecule has 6 nitrogen and oxygen atoms in total. The van der Waals surface area contributed by atoms with Crippen molar-refractivity contribution in [3.63, 3.8) is 0 Å². The predicted octanol–water partition coefficient (Wildman–Crippen LogP) is 2.56. The van der Waals surface area contributed by atoms with Crippen LogP contribution in [0.15, 0.2) is 53.4 Å². The Morgan fingerprint density at radius 1 is 1.12 bits per heavy atom. The molecule has 2 rings (SSSR count). The fraction of sp³-hybridized carbons (Fsp3) is 0.316. The summed E-state index contributed by atoms with van der Waals surface area (Å²) in [6, 6.07) is 13.6. The highest BCUT2D eigenvalue weighted by molar-refractivity contribution is 7.89. The molecule has 0 radical (unpaired) electrons. The van der Waals surface area contributed by atoms with Crippen molar-refractivity contribution in [2.24, 2.45) is 5.92 Å². The third-order valence-electron chi connectivity index (χ3n) is 3.70. The van der Waals surface area contributed by atoms with Gasteiger partial charge in [0.1, 0.15) is 10.6 Å². The number of hydrogen-bond donors (Lipinski definition) is 2. The van der Waals surface area contributed by atoms with Crippen molar-refractivity contribution in [1.82, 2.24) is 10.0 Å². The molecule has 0 unspecified atom stereocenters. The molecular formula is C19H24N2O4S. The average molecular weight is 376 g/mol. The van der Waals surface area contributed by atoms with Gasteiger partial charge in [-0.2, -0.15) is 0 Å². The molecule has 2 aromatic rings. The third kappa shape index (κ3) is 5.31. The Morgan fingerprint density at radius 2 is 1.81 bits per heavy atom. The summed E-state index contributed by atoms with van der Waals surface area (Å²) in [4.78, 5) is 12.2. The lowest BCUT2D eigenvalue weighted by molar-refractivity contribution is 0.0948. The smallest absolute Gasteiger partial charge is 0.251 e. The van der Waals surface area contributed by atoms with Crippen LogP contribution in [0.4, 0.5) is 0 Å². The van der Waals surface area contributed by atoms with Crippen molar-refractivity contribution in [2.75, 3.05) is 13.7 Å². The van der Waals surface area contributed by atoms with Gasteiger partial charge in [0.2, 0.25) is 10.0 Å². The van der Waals surface area contributed by atoms with Crippen molar-refractivity contribution < 1.29 is 17.9 Å². The quantitative estimate of drug-likeness (QED) is 0.742. The summed E-state index contributed by atoms with van der Waals surface area (Å²) < 4.78 is 33.1. The van der Waals surface area contributed by atoms with E-state index in [-0.39, 0.29) is 28.7 Å². The zero-order valence-electron chi connectivity index (χ0n) is 15.2. The maximum atomic E-state index is 12.7. The summed E-state index contributed by atoms with van der Waals surface area (Å²) in [5.74, 6) is 0.166. The monoisotopic (exact) mass is 376 g/mol. The number of hydrogen-bond acceptors (Lipinski definition) is 4.